The zero-order valence-electron chi connectivity index (χ0n) is 10.0. The van der Waals surface area contributed by atoms with Crippen LogP contribution >= 0.6 is 15.9 Å². The number of hydrogen-bond acceptors (Lipinski definition) is 4. The molecule has 0 aromatic carbocycles. The summed E-state index contributed by atoms with van der Waals surface area (Å²) in [6.07, 6.45) is 2.07. The Balaban J connectivity index is 2.34. The molecule has 0 aliphatic carbocycles. The van der Waals surface area contributed by atoms with Crippen LogP contribution < -0.4 is 4.90 Å². The van der Waals surface area contributed by atoms with E-state index < -0.39 is 12.1 Å². The Hall–Kier alpha value is -1.17. The Morgan fingerprint density at radius 1 is 1.67 bits per heavy atom. The average Bonchev–Trinajstić information content (AvgIpc) is 2.37. The number of carbonyl (C=O) groups excluding carboxylic acids is 1. The highest BCUT2D eigenvalue weighted by Gasteiger charge is 2.24. The molecule has 1 aliphatic heterocycles. The third-order valence-electron chi connectivity index (χ3n) is 2.90. The van der Waals surface area contributed by atoms with Gasteiger partial charge in [0.15, 0.2) is 0 Å². The van der Waals surface area contributed by atoms with Crippen molar-refractivity contribution in [2.24, 2.45) is 0 Å². The Labute approximate surface area is 113 Å². The summed E-state index contributed by atoms with van der Waals surface area (Å²) in [4.78, 5) is 17.7. The topological polar surface area (TPSA) is 42.4 Å². The quantitative estimate of drug-likeness (QED) is 0.786. The minimum atomic E-state index is -0.866. The number of esters is 1. The van der Waals surface area contributed by atoms with E-state index in [-0.39, 0.29) is 6.54 Å². The molecule has 0 amide bonds. The number of carbonyl (C=O) groups is 1. The Morgan fingerprint density at radius 2 is 2.44 bits per heavy atom. The van der Waals surface area contributed by atoms with Gasteiger partial charge in [-0.1, -0.05) is 0 Å². The number of hydrogen-bond donors (Lipinski definition) is 0. The number of anilines is 1. The lowest BCUT2D eigenvalue weighted by Crippen LogP contribution is -2.37. The minimum absolute atomic E-state index is 0.276. The molecule has 18 heavy (non-hydrogen) atoms. The van der Waals surface area contributed by atoms with Gasteiger partial charge in [-0.05, 0) is 34.8 Å². The maximum atomic E-state index is 13.4. The van der Waals surface area contributed by atoms with E-state index in [1.165, 1.54) is 7.11 Å². The van der Waals surface area contributed by atoms with Gasteiger partial charge in [-0.3, -0.25) is 0 Å². The lowest BCUT2D eigenvalue weighted by atomic mass is 10.1. The molecule has 6 heteroatoms. The second-order valence-electron chi connectivity index (χ2n) is 4.20. The van der Waals surface area contributed by atoms with Gasteiger partial charge in [0.05, 0.1) is 13.7 Å². The number of pyridine rings is 1. The molecule has 1 aromatic heterocycles. The third kappa shape index (κ3) is 2.80. The van der Waals surface area contributed by atoms with Crippen LogP contribution in [0.5, 0.6) is 0 Å². The van der Waals surface area contributed by atoms with Gasteiger partial charge in [0.2, 0.25) is 0 Å². The molecule has 4 nitrogen and oxygen atoms in total. The molecular formula is C12H14BrFN2O2. The number of rotatable bonds is 2. The summed E-state index contributed by atoms with van der Waals surface area (Å²) in [7, 11) is 1.32. The van der Waals surface area contributed by atoms with E-state index >= 15 is 0 Å². The fourth-order valence-corrected chi connectivity index (χ4v) is 2.39. The van der Waals surface area contributed by atoms with E-state index in [0.717, 1.165) is 6.42 Å². The number of nitrogens with zero attached hydrogens (tertiary/aromatic N) is 2. The van der Waals surface area contributed by atoms with Crippen molar-refractivity contribution >= 4 is 27.7 Å². The summed E-state index contributed by atoms with van der Waals surface area (Å²) in [5.41, 5.74) is 0.362. The zero-order chi connectivity index (χ0) is 13.1. The smallest absolute Gasteiger partial charge is 0.341 e. The SMILES string of the molecule is COC(=O)c1cc(Br)cnc1N1CCCC(F)C1. The van der Waals surface area contributed by atoms with E-state index in [2.05, 4.69) is 20.9 Å². The van der Waals surface area contributed by atoms with Crippen molar-refractivity contribution in [3.05, 3.63) is 22.3 Å². The normalized spacial score (nSPS) is 19.7. The Kier molecular flexibility index (Phi) is 4.16. The van der Waals surface area contributed by atoms with Gasteiger partial charge < -0.3 is 9.64 Å². The summed E-state index contributed by atoms with van der Waals surface area (Å²) in [5, 5.41) is 0. The van der Waals surface area contributed by atoms with Gasteiger partial charge in [0, 0.05) is 17.2 Å². The molecule has 0 spiro atoms. The molecule has 1 aliphatic rings. The molecule has 1 unspecified atom stereocenters. The Bertz CT molecular complexity index is 456. The maximum Gasteiger partial charge on any atom is 0.341 e. The lowest BCUT2D eigenvalue weighted by Gasteiger charge is -2.30. The monoisotopic (exact) mass is 316 g/mol. The van der Waals surface area contributed by atoms with Crippen molar-refractivity contribution in [2.75, 3.05) is 25.1 Å². The van der Waals surface area contributed by atoms with Gasteiger partial charge in [0.1, 0.15) is 17.6 Å². The summed E-state index contributed by atoms with van der Waals surface area (Å²) >= 11 is 3.27. The number of piperidine rings is 1. The number of ether oxygens (including phenoxy) is 1. The third-order valence-corrected chi connectivity index (χ3v) is 3.34. The predicted octanol–water partition coefficient (Wildman–Crippen LogP) is 2.57. The summed E-state index contributed by atoms with van der Waals surface area (Å²) in [5.74, 6) is 0.0344. The van der Waals surface area contributed by atoms with Crippen LogP contribution in [-0.4, -0.2) is 37.3 Å². The second kappa shape index (κ2) is 5.65. The van der Waals surface area contributed by atoms with Crippen molar-refractivity contribution in [2.45, 2.75) is 19.0 Å². The zero-order valence-corrected chi connectivity index (χ0v) is 11.6. The number of aromatic nitrogens is 1. The fraction of sp³-hybridized carbons (Fsp3) is 0.500. The molecule has 98 valence electrons. The minimum Gasteiger partial charge on any atom is -0.465 e. The first-order valence-electron chi connectivity index (χ1n) is 5.74. The lowest BCUT2D eigenvalue weighted by molar-refractivity contribution is 0.0600. The number of alkyl halides is 1. The molecule has 0 bridgehead atoms. The molecule has 2 rings (SSSR count). The first kappa shape index (κ1) is 13.3. The van der Waals surface area contributed by atoms with E-state index in [0.29, 0.717) is 28.8 Å². The van der Waals surface area contributed by atoms with Crippen LogP contribution in [0.25, 0.3) is 0 Å². The van der Waals surface area contributed by atoms with Crippen LogP contribution in [0.3, 0.4) is 0 Å². The molecule has 0 N–H and O–H groups in total. The van der Waals surface area contributed by atoms with E-state index in [4.69, 9.17) is 4.74 Å². The number of methoxy groups -OCH3 is 1. The van der Waals surface area contributed by atoms with Crippen molar-refractivity contribution in [1.29, 1.82) is 0 Å². The van der Waals surface area contributed by atoms with Crippen LogP contribution in [-0.2, 0) is 4.74 Å². The van der Waals surface area contributed by atoms with Crippen molar-refractivity contribution < 1.29 is 13.9 Å². The first-order chi connectivity index (χ1) is 8.61. The van der Waals surface area contributed by atoms with Crippen LogP contribution in [0.15, 0.2) is 16.7 Å². The molecule has 2 heterocycles. The Morgan fingerprint density at radius 3 is 3.11 bits per heavy atom. The van der Waals surface area contributed by atoms with Crippen LogP contribution in [0.4, 0.5) is 10.2 Å². The first-order valence-corrected chi connectivity index (χ1v) is 6.54. The molecule has 0 radical (unpaired) electrons. The van der Waals surface area contributed by atoms with E-state index in [9.17, 15) is 9.18 Å². The highest BCUT2D eigenvalue weighted by atomic mass is 79.9. The van der Waals surface area contributed by atoms with Gasteiger partial charge in [-0.15, -0.1) is 0 Å². The van der Waals surface area contributed by atoms with Crippen molar-refractivity contribution in [3.8, 4) is 0 Å². The molecular weight excluding hydrogens is 303 g/mol. The van der Waals surface area contributed by atoms with Gasteiger partial charge >= 0.3 is 5.97 Å². The molecule has 1 saturated heterocycles. The number of halogens is 2. The average molecular weight is 317 g/mol. The van der Waals surface area contributed by atoms with Crippen molar-refractivity contribution in [1.82, 2.24) is 4.98 Å². The maximum absolute atomic E-state index is 13.4. The van der Waals surface area contributed by atoms with Crippen LogP contribution in [0, 0.1) is 0 Å². The largest absolute Gasteiger partial charge is 0.465 e. The second-order valence-corrected chi connectivity index (χ2v) is 5.12. The fourth-order valence-electron chi connectivity index (χ4n) is 2.06. The highest BCUT2D eigenvalue weighted by Crippen LogP contribution is 2.26. The molecule has 1 aromatic rings. The predicted molar refractivity (Wildman–Crippen MR) is 69.6 cm³/mol. The summed E-state index contributed by atoms with van der Waals surface area (Å²) in [6.45, 7) is 0.984. The van der Waals surface area contributed by atoms with Gasteiger partial charge in [-0.2, -0.15) is 0 Å². The van der Waals surface area contributed by atoms with Gasteiger partial charge in [0.25, 0.3) is 0 Å². The molecule has 0 saturated carbocycles. The highest BCUT2D eigenvalue weighted by molar-refractivity contribution is 9.10. The van der Waals surface area contributed by atoms with Crippen LogP contribution in [0.1, 0.15) is 23.2 Å². The van der Waals surface area contributed by atoms with E-state index in [1.54, 1.807) is 17.2 Å². The summed E-state index contributed by atoms with van der Waals surface area (Å²) in [6, 6.07) is 1.65. The standard InChI is InChI=1S/C12H14BrFN2O2/c1-18-12(17)10-5-8(13)6-15-11(10)16-4-2-3-9(14)7-16/h5-6,9H,2-4,7H2,1H3. The molecule has 1 fully saturated rings. The summed E-state index contributed by atoms with van der Waals surface area (Å²) < 4.78 is 18.8. The van der Waals surface area contributed by atoms with Gasteiger partial charge in [-0.25, -0.2) is 14.2 Å². The van der Waals surface area contributed by atoms with Crippen molar-refractivity contribution in [3.63, 3.8) is 0 Å². The van der Waals surface area contributed by atoms with Crippen LogP contribution in [0.2, 0.25) is 0 Å². The molecule has 1 atom stereocenters. The van der Waals surface area contributed by atoms with E-state index in [1.807, 2.05) is 0 Å².